The normalized spacial score (nSPS) is 18.7. The van der Waals surface area contributed by atoms with Crippen LogP contribution in [0.1, 0.15) is 6.92 Å². The van der Waals surface area contributed by atoms with Crippen LogP contribution in [0.4, 0.5) is 11.5 Å². The highest BCUT2D eigenvalue weighted by atomic mass is 16.5. The predicted molar refractivity (Wildman–Crippen MR) is 115 cm³/mol. The van der Waals surface area contributed by atoms with E-state index >= 15 is 0 Å². The SMILES string of the molecule is CCNc1ncnc2ccc3c(c12)OCC1CN(C(=O)/C=C/CN(C)C)CCN31. The molecule has 1 amide bonds. The summed E-state index contributed by atoms with van der Waals surface area (Å²) in [6, 6.07) is 4.23. The Labute approximate surface area is 171 Å². The molecule has 154 valence electrons. The number of carbonyl (C=O) groups is 1. The number of carbonyl (C=O) groups excluding carboxylic acids is 1. The number of amides is 1. The van der Waals surface area contributed by atoms with Gasteiger partial charge < -0.3 is 24.8 Å². The zero-order valence-corrected chi connectivity index (χ0v) is 17.3. The number of likely N-dealkylation sites (N-methyl/N-ethyl adjacent to an activating group) is 1. The molecular formula is C21H28N6O2. The zero-order valence-electron chi connectivity index (χ0n) is 17.3. The van der Waals surface area contributed by atoms with Crippen molar-refractivity contribution < 1.29 is 9.53 Å². The highest BCUT2D eigenvalue weighted by Gasteiger charge is 2.35. The summed E-state index contributed by atoms with van der Waals surface area (Å²) in [5, 5.41) is 4.23. The second kappa shape index (κ2) is 8.24. The van der Waals surface area contributed by atoms with Gasteiger partial charge in [-0.2, -0.15) is 0 Å². The molecule has 2 aliphatic rings. The minimum Gasteiger partial charge on any atom is -0.488 e. The molecule has 1 aromatic carbocycles. The number of ether oxygens (including phenoxy) is 1. The number of aromatic nitrogens is 2. The third kappa shape index (κ3) is 3.85. The molecule has 1 unspecified atom stereocenters. The predicted octanol–water partition coefficient (Wildman–Crippen LogP) is 1.59. The number of rotatable bonds is 5. The fraction of sp³-hybridized carbons (Fsp3) is 0.476. The minimum atomic E-state index is 0.0682. The van der Waals surface area contributed by atoms with Crippen LogP contribution in [-0.2, 0) is 4.79 Å². The molecule has 8 nitrogen and oxygen atoms in total. The van der Waals surface area contributed by atoms with Crippen molar-refractivity contribution in [3.63, 3.8) is 0 Å². The van der Waals surface area contributed by atoms with Crippen LogP contribution in [0.5, 0.6) is 5.75 Å². The van der Waals surface area contributed by atoms with Crippen LogP contribution in [0.25, 0.3) is 10.9 Å². The van der Waals surface area contributed by atoms with Crippen LogP contribution in [0, 0.1) is 0 Å². The van der Waals surface area contributed by atoms with Gasteiger partial charge in [-0.15, -0.1) is 0 Å². The van der Waals surface area contributed by atoms with Crippen molar-refractivity contribution in [1.29, 1.82) is 0 Å². The van der Waals surface area contributed by atoms with Crippen molar-refractivity contribution in [2.24, 2.45) is 0 Å². The van der Waals surface area contributed by atoms with Crippen molar-refractivity contribution in [1.82, 2.24) is 19.8 Å². The van der Waals surface area contributed by atoms with Gasteiger partial charge >= 0.3 is 0 Å². The second-order valence-electron chi connectivity index (χ2n) is 7.67. The lowest BCUT2D eigenvalue weighted by Gasteiger charge is -2.45. The molecule has 2 aromatic rings. The quantitative estimate of drug-likeness (QED) is 0.770. The first-order chi connectivity index (χ1) is 14.1. The van der Waals surface area contributed by atoms with E-state index in [0.717, 1.165) is 47.8 Å². The summed E-state index contributed by atoms with van der Waals surface area (Å²) in [7, 11) is 3.97. The lowest BCUT2D eigenvalue weighted by molar-refractivity contribution is -0.127. The summed E-state index contributed by atoms with van der Waals surface area (Å²) >= 11 is 0. The first kappa shape index (κ1) is 19.4. The molecule has 0 bridgehead atoms. The van der Waals surface area contributed by atoms with Gasteiger partial charge in [-0.3, -0.25) is 4.79 Å². The number of fused-ring (bicyclic) bond motifs is 5. The van der Waals surface area contributed by atoms with Gasteiger partial charge in [-0.1, -0.05) is 6.08 Å². The molecule has 3 heterocycles. The number of hydrogen-bond donors (Lipinski definition) is 1. The smallest absolute Gasteiger partial charge is 0.246 e. The monoisotopic (exact) mass is 396 g/mol. The Hall–Kier alpha value is -2.87. The topological polar surface area (TPSA) is 73.8 Å². The van der Waals surface area contributed by atoms with Gasteiger partial charge in [0.05, 0.1) is 22.6 Å². The van der Waals surface area contributed by atoms with Crippen molar-refractivity contribution in [3.05, 3.63) is 30.6 Å². The Kier molecular flexibility index (Phi) is 5.53. The molecular weight excluding hydrogens is 368 g/mol. The third-order valence-electron chi connectivity index (χ3n) is 5.33. The van der Waals surface area contributed by atoms with Crippen LogP contribution in [-0.4, -0.2) is 85.1 Å². The van der Waals surface area contributed by atoms with Crippen molar-refractivity contribution in [2.75, 3.05) is 63.6 Å². The molecule has 1 saturated heterocycles. The summed E-state index contributed by atoms with van der Waals surface area (Å²) in [5.41, 5.74) is 1.92. The van der Waals surface area contributed by atoms with E-state index in [2.05, 4.69) is 26.3 Å². The maximum atomic E-state index is 12.5. The molecule has 0 spiro atoms. The average molecular weight is 396 g/mol. The fourth-order valence-corrected chi connectivity index (χ4v) is 3.95. The number of piperazine rings is 1. The first-order valence-corrected chi connectivity index (χ1v) is 10.1. The molecule has 8 heteroatoms. The van der Waals surface area contributed by atoms with E-state index in [1.165, 1.54) is 0 Å². The second-order valence-corrected chi connectivity index (χ2v) is 7.67. The van der Waals surface area contributed by atoms with E-state index in [1.807, 2.05) is 43.0 Å². The van der Waals surface area contributed by atoms with Gasteiger partial charge in [0.15, 0.2) is 5.75 Å². The number of nitrogens with zero attached hydrogens (tertiary/aromatic N) is 5. The zero-order chi connectivity index (χ0) is 20.4. The summed E-state index contributed by atoms with van der Waals surface area (Å²) < 4.78 is 6.21. The highest BCUT2D eigenvalue weighted by molar-refractivity contribution is 5.99. The van der Waals surface area contributed by atoms with E-state index in [9.17, 15) is 4.79 Å². The molecule has 2 aliphatic heterocycles. The van der Waals surface area contributed by atoms with Gasteiger partial charge in [0, 0.05) is 38.8 Å². The van der Waals surface area contributed by atoms with Crippen LogP contribution in [0.15, 0.2) is 30.6 Å². The van der Waals surface area contributed by atoms with Crippen LogP contribution < -0.4 is 15.0 Å². The minimum absolute atomic E-state index is 0.0682. The largest absolute Gasteiger partial charge is 0.488 e. The highest BCUT2D eigenvalue weighted by Crippen LogP contribution is 2.42. The molecule has 29 heavy (non-hydrogen) atoms. The molecule has 1 atom stereocenters. The molecule has 0 aliphatic carbocycles. The van der Waals surface area contributed by atoms with Gasteiger partial charge in [-0.05, 0) is 33.2 Å². The standard InChI is InChI=1S/C21H28N6O2/c1-4-22-21-19-16(23-14-24-21)7-8-17-20(19)29-13-15-12-26(10-11-27(15)17)18(28)6-5-9-25(2)3/h5-8,14-15H,4,9-13H2,1-3H3,(H,22,23,24)/b6-5+. The van der Waals surface area contributed by atoms with Gasteiger partial charge in [-0.25, -0.2) is 9.97 Å². The fourth-order valence-electron chi connectivity index (χ4n) is 3.95. The molecule has 1 N–H and O–H groups in total. The van der Waals surface area contributed by atoms with E-state index in [4.69, 9.17) is 4.74 Å². The lowest BCUT2D eigenvalue weighted by atomic mass is 10.1. The maximum Gasteiger partial charge on any atom is 0.246 e. The number of benzene rings is 1. The van der Waals surface area contributed by atoms with E-state index in [1.54, 1.807) is 12.4 Å². The summed E-state index contributed by atoms with van der Waals surface area (Å²) in [5.74, 6) is 1.70. The van der Waals surface area contributed by atoms with Gasteiger partial charge in [0.25, 0.3) is 0 Å². The lowest BCUT2D eigenvalue weighted by Crippen LogP contribution is -2.58. The van der Waals surface area contributed by atoms with Gasteiger partial charge in [0.1, 0.15) is 18.8 Å². The molecule has 1 fully saturated rings. The van der Waals surface area contributed by atoms with Crippen molar-refractivity contribution in [3.8, 4) is 5.75 Å². The van der Waals surface area contributed by atoms with E-state index < -0.39 is 0 Å². The average Bonchev–Trinajstić information content (AvgIpc) is 2.72. The van der Waals surface area contributed by atoms with E-state index in [0.29, 0.717) is 19.7 Å². The third-order valence-corrected chi connectivity index (χ3v) is 5.33. The summed E-state index contributed by atoms with van der Waals surface area (Å²) in [4.78, 5) is 27.6. The Balaban J connectivity index is 1.56. The van der Waals surface area contributed by atoms with Crippen LogP contribution in [0.2, 0.25) is 0 Å². The summed E-state index contributed by atoms with van der Waals surface area (Å²) in [6.07, 6.45) is 5.17. The number of hydrogen-bond acceptors (Lipinski definition) is 7. The molecule has 4 rings (SSSR count). The van der Waals surface area contributed by atoms with Crippen LogP contribution >= 0.6 is 0 Å². The Morgan fingerprint density at radius 3 is 3.00 bits per heavy atom. The Morgan fingerprint density at radius 1 is 1.34 bits per heavy atom. The molecule has 0 saturated carbocycles. The summed E-state index contributed by atoms with van der Waals surface area (Å²) in [6.45, 7) is 6.26. The van der Waals surface area contributed by atoms with E-state index in [-0.39, 0.29) is 11.9 Å². The number of nitrogens with one attached hydrogen (secondary N) is 1. The Morgan fingerprint density at radius 2 is 2.21 bits per heavy atom. The maximum absolute atomic E-state index is 12.5. The van der Waals surface area contributed by atoms with Crippen LogP contribution in [0.3, 0.4) is 0 Å². The number of anilines is 2. The Bertz CT molecular complexity index is 929. The van der Waals surface area contributed by atoms with Crippen molar-refractivity contribution >= 4 is 28.3 Å². The first-order valence-electron chi connectivity index (χ1n) is 10.1. The van der Waals surface area contributed by atoms with Gasteiger partial charge in [0.2, 0.25) is 5.91 Å². The molecule has 0 radical (unpaired) electrons. The van der Waals surface area contributed by atoms with Crippen molar-refractivity contribution in [2.45, 2.75) is 13.0 Å². The molecule has 1 aromatic heterocycles.